The number of ether oxygens (including phenoxy) is 1. The fourth-order valence-electron chi connectivity index (χ4n) is 5.24. The molecule has 5 rings (SSSR count). The summed E-state index contributed by atoms with van der Waals surface area (Å²) in [6.07, 6.45) is 4.56. The van der Waals surface area contributed by atoms with Crippen molar-refractivity contribution in [1.82, 2.24) is 20.1 Å². The molecule has 2 heterocycles. The second-order valence-corrected chi connectivity index (χ2v) is 11.6. The molecule has 1 aliphatic rings. The molecule has 230 valence electrons. The quantitative estimate of drug-likeness (QED) is 0.204. The predicted molar refractivity (Wildman–Crippen MR) is 169 cm³/mol. The summed E-state index contributed by atoms with van der Waals surface area (Å²) in [6.45, 7) is 0.468. The van der Waals surface area contributed by atoms with Crippen LogP contribution in [0.1, 0.15) is 41.6 Å². The van der Waals surface area contributed by atoms with Crippen molar-refractivity contribution in [3.8, 4) is 28.3 Å². The van der Waals surface area contributed by atoms with Gasteiger partial charge in [0.1, 0.15) is 11.4 Å². The molecule has 0 spiro atoms. The average molecular weight is 661 g/mol. The summed E-state index contributed by atoms with van der Waals surface area (Å²) in [5.41, 5.74) is 1.31. The van der Waals surface area contributed by atoms with Crippen LogP contribution in [0.3, 0.4) is 0 Å². The molecule has 2 aromatic heterocycles. The lowest BCUT2D eigenvalue weighted by Gasteiger charge is -2.28. The van der Waals surface area contributed by atoms with Crippen LogP contribution in [-0.2, 0) is 13.6 Å². The first kappa shape index (κ1) is 31.9. The van der Waals surface area contributed by atoms with Crippen LogP contribution in [0.2, 0.25) is 15.1 Å². The zero-order chi connectivity index (χ0) is 31.5. The average Bonchev–Trinajstić information content (AvgIpc) is 3.00. The number of amides is 1. The standard InChI is InChI=1S/C31H29Cl3FN5O4/c1-40-31(43)26(21(32)15-37-40)29(42)38-24-13-17(35)12-20(28(24)34)18-6-5-7-19(27(18)33)22-11-10-16(30(39-22)44-2)14-36-23-8-3-4-9-25(23)41/h5-7,10-13,15,23,25,36,41H,3-4,8-9,14H2,1-2H3,(H,38,42)/t23-,25+/m1/s1. The van der Waals surface area contributed by atoms with Crippen molar-refractivity contribution in [2.24, 2.45) is 7.05 Å². The molecule has 0 bridgehead atoms. The molecule has 1 amide bonds. The molecule has 4 aromatic rings. The Bertz CT molecular complexity index is 1780. The highest BCUT2D eigenvalue weighted by Crippen LogP contribution is 2.42. The number of anilines is 1. The van der Waals surface area contributed by atoms with Crippen molar-refractivity contribution in [2.75, 3.05) is 12.4 Å². The SMILES string of the molecule is COc1nc(-c2cccc(-c3cc(F)cc(NC(=O)c4c(Cl)cnn(C)c4=O)c3Cl)c2Cl)ccc1CN[C@@H]1CCCC[C@@H]1O. The van der Waals surface area contributed by atoms with E-state index in [1.54, 1.807) is 24.3 Å². The number of methoxy groups -OCH3 is 1. The van der Waals surface area contributed by atoms with Crippen molar-refractivity contribution in [1.29, 1.82) is 0 Å². The maximum Gasteiger partial charge on any atom is 0.280 e. The minimum absolute atomic E-state index is 0.00216. The number of benzene rings is 2. The first-order valence-electron chi connectivity index (χ1n) is 13.9. The molecule has 1 fully saturated rings. The van der Waals surface area contributed by atoms with Crippen LogP contribution in [0, 0.1) is 5.82 Å². The van der Waals surface area contributed by atoms with E-state index in [2.05, 4.69) is 20.7 Å². The number of nitrogens with one attached hydrogen (secondary N) is 2. The van der Waals surface area contributed by atoms with Crippen molar-refractivity contribution >= 4 is 46.4 Å². The molecular formula is C31H29Cl3FN5O4. The Hall–Kier alpha value is -3.54. The van der Waals surface area contributed by atoms with Crippen molar-refractivity contribution in [3.63, 3.8) is 0 Å². The highest BCUT2D eigenvalue weighted by molar-refractivity contribution is 6.40. The second kappa shape index (κ2) is 13.6. The van der Waals surface area contributed by atoms with Gasteiger partial charge in [0.15, 0.2) is 0 Å². The summed E-state index contributed by atoms with van der Waals surface area (Å²) in [6, 6.07) is 11.1. The number of nitrogens with zero attached hydrogens (tertiary/aromatic N) is 3. The van der Waals surface area contributed by atoms with Gasteiger partial charge in [-0.25, -0.2) is 14.1 Å². The Morgan fingerprint density at radius 3 is 2.59 bits per heavy atom. The largest absolute Gasteiger partial charge is 0.481 e. The van der Waals surface area contributed by atoms with Gasteiger partial charge >= 0.3 is 0 Å². The highest BCUT2D eigenvalue weighted by Gasteiger charge is 2.24. The summed E-state index contributed by atoms with van der Waals surface area (Å²) in [4.78, 5) is 30.1. The topological polar surface area (TPSA) is 118 Å². The van der Waals surface area contributed by atoms with Gasteiger partial charge in [-0.05, 0) is 31.0 Å². The molecule has 13 heteroatoms. The number of pyridine rings is 1. The van der Waals surface area contributed by atoms with E-state index in [-0.39, 0.29) is 44.0 Å². The molecular weight excluding hydrogens is 632 g/mol. The smallest absolute Gasteiger partial charge is 0.280 e. The lowest BCUT2D eigenvalue weighted by atomic mass is 9.92. The Balaban J connectivity index is 1.45. The number of hydrogen-bond acceptors (Lipinski definition) is 7. The van der Waals surface area contributed by atoms with E-state index in [1.807, 2.05) is 6.07 Å². The minimum atomic E-state index is -0.875. The van der Waals surface area contributed by atoms with E-state index in [9.17, 15) is 19.1 Å². The molecule has 1 saturated carbocycles. The molecule has 0 saturated heterocycles. The van der Waals surface area contributed by atoms with Gasteiger partial charge in [0.2, 0.25) is 5.88 Å². The number of carbonyl (C=O) groups excluding carboxylic acids is 1. The van der Waals surface area contributed by atoms with E-state index in [1.165, 1.54) is 20.2 Å². The van der Waals surface area contributed by atoms with Gasteiger partial charge in [-0.2, -0.15) is 5.10 Å². The number of aryl methyl sites for hydroxylation is 1. The third-order valence-electron chi connectivity index (χ3n) is 7.59. The van der Waals surface area contributed by atoms with Gasteiger partial charge in [-0.3, -0.25) is 9.59 Å². The van der Waals surface area contributed by atoms with Crippen LogP contribution in [0.4, 0.5) is 10.1 Å². The Morgan fingerprint density at radius 1 is 1.09 bits per heavy atom. The lowest BCUT2D eigenvalue weighted by Crippen LogP contribution is -2.41. The first-order valence-corrected chi connectivity index (χ1v) is 15.0. The fourth-order valence-corrected chi connectivity index (χ4v) is 6.04. The van der Waals surface area contributed by atoms with Crippen LogP contribution >= 0.6 is 34.8 Å². The summed E-state index contributed by atoms with van der Waals surface area (Å²) in [5, 5.41) is 20.0. The number of aliphatic hydroxyl groups is 1. The van der Waals surface area contributed by atoms with E-state index in [0.717, 1.165) is 48.2 Å². The van der Waals surface area contributed by atoms with E-state index < -0.39 is 17.3 Å². The Morgan fingerprint density at radius 2 is 1.84 bits per heavy atom. The number of halogens is 4. The number of aliphatic hydroxyl groups excluding tert-OH is 1. The number of aromatic nitrogens is 3. The molecule has 2 atom stereocenters. The summed E-state index contributed by atoms with van der Waals surface area (Å²) < 4.78 is 21.4. The molecule has 0 radical (unpaired) electrons. The van der Waals surface area contributed by atoms with Crippen LogP contribution in [0.25, 0.3) is 22.4 Å². The molecule has 1 aliphatic carbocycles. The van der Waals surface area contributed by atoms with Crippen LogP contribution < -0.4 is 20.9 Å². The van der Waals surface area contributed by atoms with Gasteiger partial charge < -0.3 is 20.5 Å². The van der Waals surface area contributed by atoms with Gasteiger partial charge in [0, 0.05) is 41.9 Å². The first-order chi connectivity index (χ1) is 21.1. The summed E-state index contributed by atoms with van der Waals surface area (Å²) >= 11 is 19.6. The molecule has 9 nitrogen and oxygen atoms in total. The van der Waals surface area contributed by atoms with Gasteiger partial charge in [-0.15, -0.1) is 0 Å². The highest BCUT2D eigenvalue weighted by atomic mass is 35.5. The summed E-state index contributed by atoms with van der Waals surface area (Å²) in [7, 11) is 2.90. The molecule has 44 heavy (non-hydrogen) atoms. The number of hydrogen-bond donors (Lipinski definition) is 3. The number of rotatable bonds is 8. The Kier molecular flexibility index (Phi) is 9.87. The molecule has 2 aromatic carbocycles. The normalized spacial score (nSPS) is 16.5. The fraction of sp³-hybridized carbons (Fsp3) is 0.290. The lowest BCUT2D eigenvalue weighted by molar-refractivity contribution is 0.0901. The predicted octanol–water partition coefficient (Wildman–Crippen LogP) is 6.26. The third-order valence-corrected chi connectivity index (χ3v) is 8.69. The third kappa shape index (κ3) is 6.60. The van der Waals surface area contributed by atoms with Crippen LogP contribution in [0.5, 0.6) is 5.88 Å². The number of carbonyl (C=O) groups is 1. The monoisotopic (exact) mass is 659 g/mol. The van der Waals surface area contributed by atoms with E-state index in [4.69, 9.17) is 39.5 Å². The zero-order valence-corrected chi connectivity index (χ0v) is 26.1. The van der Waals surface area contributed by atoms with E-state index >= 15 is 0 Å². The maximum absolute atomic E-state index is 14.9. The zero-order valence-electron chi connectivity index (χ0n) is 23.8. The maximum atomic E-state index is 14.9. The van der Waals surface area contributed by atoms with E-state index in [0.29, 0.717) is 29.2 Å². The van der Waals surface area contributed by atoms with Crippen molar-refractivity contribution < 1.29 is 19.0 Å². The molecule has 3 N–H and O–H groups in total. The van der Waals surface area contributed by atoms with Gasteiger partial charge in [0.05, 0.1) is 45.9 Å². The van der Waals surface area contributed by atoms with Gasteiger partial charge in [0.25, 0.3) is 11.5 Å². The minimum Gasteiger partial charge on any atom is -0.481 e. The second-order valence-electron chi connectivity index (χ2n) is 10.4. The van der Waals surface area contributed by atoms with Gasteiger partial charge in [-0.1, -0.05) is 71.9 Å². The molecule has 0 unspecified atom stereocenters. The Labute approximate surface area is 267 Å². The summed E-state index contributed by atoms with van der Waals surface area (Å²) in [5.74, 6) is -1.17. The van der Waals surface area contributed by atoms with Crippen LogP contribution in [-0.4, -0.2) is 45.0 Å². The molecule has 0 aliphatic heterocycles. The van der Waals surface area contributed by atoms with Crippen LogP contribution in [0.15, 0.2) is 53.5 Å². The van der Waals surface area contributed by atoms with Crippen molar-refractivity contribution in [3.05, 3.63) is 91.0 Å². The van der Waals surface area contributed by atoms with Crippen molar-refractivity contribution in [2.45, 2.75) is 44.4 Å².